The molecule has 4 rings (SSSR count). The van der Waals surface area contributed by atoms with E-state index in [1.54, 1.807) is 0 Å². The van der Waals surface area contributed by atoms with Gasteiger partial charge in [0.1, 0.15) is 5.82 Å². The molecule has 2 fully saturated rings. The summed E-state index contributed by atoms with van der Waals surface area (Å²) in [5.41, 5.74) is 2.05. The first kappa shape index (κ1) is 19.0. The Morgan fingerprint density at radius 3 is 2.61 bits per heavy atom. The average molecular weight is 383 g/mol. The van der Waals surface area contributed by atoms with Gasteiger partial charge in [0.15, 0.2) is 0 Å². The lowest BCUT2D eigenvalue weighted by atomic mass is 9.80. The van der Waals surface area contributed by atoms with Crippen LogP contribution in [0.1, 0.15) is 44.3 Å². The second-order valence-electron chi connectivity index (χ2n) is 8.45. The number of aromatic nitrogens is 2. The van der Waals surface area contributed by atoms with Crippen molar-refractivity contribution in [1.82, 2.24) is 14.5 Å². The van der Waals surface area contributed by atoms with E-state index in [1.807, 2.05) is 30.1 Å². The number of piperidine rings is 1. The molecule has 1 saturated carbocycles. The van der Waals surface area contributed by atoms with Crippen LogP contribution in [-0.2, 0) is 23.1 Å². The summed E-state index contributed by atoms with van der Waals surface area (Å²) in [6.07, 6.45) is 5.94. The van der Waals surface area contributed by atoms with Gasteiger partial charge in [0.2, 0.25) is 5.91 Å². The third kappa shape index (κ3) is 3.77. The fourth-order valence-corrected chi connectivity index (χ4v) is 5.05. The highest BCUT2D eigenvalue weighted by molar-refractivity contribution is 5.79. The standard InChI is InChI=1S/C22H29N3O3/c1-24-19-9-5-4-8-18(19)23-20(24)12-17-14-25(11-10-16(17)13-21(26)27)22(28)15-6-2-3-7-15/h4-5,8-9,15-17H,2-3,6-7,10-14H2,1H3,(H,26,27). The van der Waals surface area contributed by atoms with Crippen molar-refractivity contribution in [3.63, 3.8) is 0 Å². The van der Waals surface area contributed by atoms with E-state index in [0.717, 1.165) is 49.0 Å². The number of benzene rings is 1. The lowest BCUT2D eigenvalue weighted by Gasteiger charge is -2.39. The van der Waals surface area contributed by atoms with Gasteiger partial charge in [-0.1, -0.05) is 25.0 Å². The minimum Gasteiger partial charge on any atom is -0.481 e. The van der Waals surface area contributed by atoms with E-state index >= 15 is 0 Å². The van der Waals surface area contributed by atoms with Crippen molar-refractivity contribution in [3.8, 4) is 0 Å². The molecule has 1 N–H and O–H groups in total. The third-order valence-corrected chi connectivity index (χ3v) is 6.67. The summed E-state index contributed by atoms with van der Waals surface area (Å²) in [5.74, 6) is 0.886. The molecule has 0 bridgehead atoms. The van der Waals surface area contributed by atoms with E-state index in [-0.39, 0.29) is 30.1 Å². The van der Waals surface area contributed by atoms with Crippen LogP contribution in [0.3, 0.4) is 0 Å². The van der Waals surface area contributed by atoms with Crippen LogP contribution in [0.15, 0.2) is 24.3 Å². The molecule has 0 spiro atoms. The fraction of sp³-hybridized carbons (Fsp3) is 0.591. The monoisotopic (exact) mass is 383 g/mol. The number of aryl methyl sites for hydroxylation is 1. The number of hydrogen-bond donors (Lipinski definition) is 1. The van der Waals surface area contributed by atoms with Gasteiger partial charge in [-0.2, -0.15) is 0 Å². The molecule has 1 amide bonds. The van der Waals surface area contributed by atoms with Crippen LogP contribution in [0.25, 0.3) is 11.0 Å². The van der Waals surface area contributed by atoms with Crippen LogP contribution in [0.2, 0.25) is 0 Å². The quantitative estimate of drug-likeness (QED) is 0.860. The Morgan fingerprint density at radius 2 is 1.89 bits per heavy atom. The Morgan fingerprint density at radius 1 is 1.14 bits per heavy atom. The fourth-order valence-electron chi connectivity index (χ4n) is 5.05. The molecule has 6 nitrogen and oxygen atoms in total. The molecule has 28 heavy (non-hydrogen) atoms. The Hall–Kier alpha value is -2.37. The summed E-state index contributed by atoms with van der Waals surface area (Å²) < 4.78 is 2.10. The first-order valence-electron chi connectivity index (χ1n) is 10.4. The number of carbonyl (C=O) groups excluding carboxylic acids is 1. The lowest BCUT2D eigenvalue weighted by Crippen LogP contribution is -2.47. The summed E-state index contributed by atoms with van der Waals surface area (Å²) in [4.78, 5) is 31.1. The SMILES string of the molecule is Cn1c(CC2CN(C(=O)C3CCCC3)CCC2CC(=O)O)nc2ccccc21. The average Bonchev–Trinajstić information content (AvgIpc) is 3.32. The molecular weight excluding hydrogens is 354 g/mol. The molecule has 1 aliphatic carbocycles. The van der Waals surface area contributed by atoms with E-state index in [2.05, 4.69) is 10.6 Å². The highest BCUT2D eigenvalue weighted by Crippen LogP contribution is 2.33. The van der Waals surface area contributed by atoms with Gasteiger partial charge in [-0.3, -0.25) is 9.59 Å². The number of amides is 1. The van der Waals surface area contributed by atoms with Crippen molar-refractivity contribution in [2.75, 3.05) is 13.1 Å². The summed E-state index contributed by atoms with van der Waals surface area (Å²) in [5, 5.41) is 9.36. The van der Waals surface area contributed by atoms with Gasteiger partial charge >= 0.3 is 5.97 Å². The maximum absolute atomic E-state index is 12.9. The Labute approximate surface area is 165 Å². The Bertz CT molecular complexity index is 869. The van der Waals surface area contributed by atoms with Gasteiger partial charge in [0, 0.05) is 38.9 Å². The van der Waals surface area contributed by atoms with Crippen molar-refractivity contribution < 1.29 is 14.7 Å². The molecule has 150 valence electrons. The van der Waals surface area contributed by atoms with E-state index in [4.69, 9.17) is 4.98 Å². The van der Waals surface area contributed by atoms with Gasteiger partial charge < -0.3 is 14.6 Å². The normalized spacial score (nSPS) is 23.4. The molecule has 1 aromatic heterocycles. The van der Waals surface area contributed by atoms with Crippen LogP contribution in [-0.4, -0.2) is 44.5 Å². The van der Waals surface area contributed by atoms with E-state index in [1.165, 1.54) is 0 Å². The molecule has 1 saturated heterocycles. The number of carboxylic acids is 1. The Kier molecular flexibility index (Phi) is 5.38. The summed E-state index contributed by atoms with van der Waals surface area (Å²) in [7, 11) is 2.02. The smallest absolute Gasteiger partial charge is 0.303 e. The van der Waals surface area contributed by atoms with Crippen molar-refractivity contribution in [3.05, 3.63) is 30.1 Å². The highest BCUT2D eigenvalue weighted by atomic mass is 16.4. The predicted molar refractivity (Wildman–Crippen MR) is 107 cm³/mol. The molecule has 2 aromatic rings. The van der Waals surface area contributed by atoms with Crippen molar-refractivity contribution >= 4 is 22.9 Å². The van der Waals surface area contributed by atoms with Crippen LogP contribution in [0.4, 0.5) is 0 Å². The highest BCUT2D eigenvalue weighted by Gasteiger charge is 2.36. The predicted octanol–water partition coefficient (Wildman–Crippen LogP) is 3.25. The minimum absolute atomic E-state index is 0.0879. The number of hydrogen-bond acceptors (Lipinski definition) is 3. The van der Waals surface area contributed by atoms with Gasteiger partial charge in [-0.25, -0.2) is 4.98 Å². The maximum Gasteiger partial charge on any atom is 0.303 e. The van der Waals surface area contributed by atoms with Crippen LogP contribution < -0.4 is 0 Å². The van der Waals surface area contributed by atoms with Crippen LogP contribution >= 0.6 is 0 Å². The van der Waals surface area contributed by atoms with Crippen LogP contribution in [0, 0.1) is 17.8 Å². The zero-order valence-corrected chi connectivity index (χ0v) is 16.5. The molecule has 2 unspecified atom stereocenters. The molecule has 1 aromatic carbocycles. The number of rotatable bonds is 5. The first-order chi connectivity index (χ1) is 13.5. The number of aliphatic carboxylic acids is 1. The van der Waals surface area contributed by atoms with Crippen molar-refractivity contribution in [2.24, 2.45) is 24.8 Å². The molecule has 2 atom stereocenters. The number of para-hydroxylation sites is 2. The van der Waals surface area contributed by atoms with Crippen molar-refractivity contribution in [2.45, 2.75) is 44.9 Å². The summed E-state index contributed by atoms with van der Waals surface area (Å²) in [6.45, 7) is 1.34. The maximum atomic E-state index is 12.9. The molecule has 1 aliphatic heterocycles. The number of likely N-dealkylation sites (tertiary alicyclic amines) is 1. The Balaban J connectivity index is 1.54. The second-order valence-corrected chi connectivity index (χ2v) is 8.45. The summed E-state index contributed by atoms with van der Waals surface area (Å²) >= 11 is 0. The minimum atomic E-state index is -0.754. The lowest BCUT2D eigenvalue weighted by molar-refractivity contribution is -0.141. The zero-order valence-electron chi connectivity index (χ0n) is 16.5. The van der Waals surface area contributed by atoms with Gasteiger partial charge in [-0.05, 0) is 43.2 Å². The topological polar surface area (TPSA) is 75.4 Å². The number of imidazole rings is 1. The summed E-state index contributed by atoms with van der Waals surface area (Å²) in [6, 6.07) is 8.04. The number of carbonyl (C=O) groups is 2. The van der Waals surface area contributed by atoms with Gasteiger partial charge in [-0.15, -0.1) is 0 Å². The molecule has 0 radical (unpaired) electrons. The van der Waals surface area contributed by atoms with E-state index in [0.29, 0.717) is 19.5 Å². The largest absolute Gasteiger partial charge is 0.481 e. The molecule has 6 heteroatoms. The van der Waals surface area contributed by atoms with Gasteiger partial charge in [0.25, 0.3) is 0 Å². The van der Waals surface area contributed by atoms with Crippen molar-refractivity contribution in [1.29, 1.82) is 0 Å². The second kappa shape index (κ2) is 7.94. The molecule has 2 heterocycles. The van der Waals surface area contributed by atoms with E-state index < -0.39 is 5.97 Å². The number of fused-ring (bicyclic) bond motifs is 1. The molecule has 2 aliphatic rings. The first-order valence-corrected chi connectivity index (χ1v) is 10.4. The van der Waals surface area contributed by atoms with E-state index in [9.17, 15) is 14.7 Å². The zero-order chi connectivity index (χ0) is 19.7. The number of nitrogens with zero attached hydrogens (tertiary/aromatic N) is 3. The van der Waals surface area contributed by atoms with Gasteiger partial charge in [0.05, 0.1) is 11.0 Å². The third-order valence-electron chi connectivity index (χ3n) is 6.67. The molecular formula is C22H29N3O3. The number of carboxylic acid groups (broad SMARTS) is 1. The van der Waals surface area contributed by atoms with Crippen LogP contribution in [0.5, 0.6) is 0 Å².